The molecule has 0 aromatic heterocycles. The van der Waals surface area contributed by atoms with E-state index >= 15 is 0 Å². The first-order chi connectivity index (χ1) is 13.3. The van der Waals surface area contributed by atoms with Crippen LogP contribution < -0.4 is 5.32 Å². The summed E-state index contributed by atoms with van der Waals surface area (Å²) >= 11 is 0. The molecule has 0 radical (unpaired) electrons. The van der Waals surface area contributed by atoms with Crippen molar-refractivity contribution in [3.8, 4) is 6.07 Å². The zero-order valence-electron chi connectivity index (χ0n) is 16.0. The molecule has 1 aliphatic carbocycles. The molecule has 0 heterocycles. The molecule has 1 N–H and O–H groups in total. The summed E-state index contributed by atoms with van der Waals surface area (Å²) in [5, 5.41) is 11.5. The molecule has 0 spiro atoms. The van der Waals surface area contributed by atoms with Crippen LogP contribution >= 0.6 is 0 Å². The summed E-state index contributed by atoms with van der Waals surface area (Å²) in [7, 11) is -3.50. The van der Waals surface area contributed by atoms with Gasteiger partial charge >= 0.3 is 5.97 Å². The predicted octanol–water partition coefficient (Wildman–Crippen LogP) is 2.51. The number of esters is 1. The van der Waals surface area contributed by atoms with E-state index < -0.39 is 27.7 Å². The summed E-state index contributed by atoms with van der Waals surface area (Å²) in [6, 6.07) is 7.66. The fraction of sp³-hybridized carbons (Fsp3) is 0.550. The molecule has 1 fully saturated rings. The van der Waals surface area contributed by atoms with Gasteiger partial charge < -0.3 is 10.1 Å². The van der Waals surface area contributed by atoms with Crippen molar-refractivity contribution in [1.29, 1.82) is 5.26 Å². The molecule has 1 amide bonds. The molecule has 0 aliphatic heterocycles. The third-order valence-corrected chi connectivity index (χ3v) is 6.06. The van der Waals surface area contributed by atoms with Crippen LogP contribution in [0.1, 0.15) is 61.4 Å². The Morgan fingerprint density at radius 3 is 2.36 bits per heavy atom. The molecular formula is C20H26N2O5S. The maximum atomic E-state index is 12.3. The monoisotopic (exact) mass is 406 g/mol. The molecule has 1 saturated carbocycles. The normalized spacial score (nSPS) is 16.4. The van der Waals surface area contributed by atoms with Crippen molar-refractivity contribution in [3.63, 3.8) is 0 Å². The van der Waals surface area contributed by atoms with E-state index in [1.165, 1.54) is 44.0 Å². The Balaban J connectivity index is 1.89. The molecule has 0 bridgehead atoms. The van der Waals surface area contributed by atoms with E-state index in [1.807, 2.05) is 0 Å². The predicted molar refractivity (Wildman–Crippen MR) is 104 cm³/mol. The lowest BCUT2D eigenvalue weighted by molar-refractivity contribution is -0.129. The van der Waals surface area contributed by atoms with Gasteiger partial charge in [-0.25, -0.2) is 13.2 Å². The molecule has 1 aromatic carbocycles. The molecule has 1 atom stereocenters. The number of ether oxygens (including phenoxy) is 1. The molecule has 0 unspecified atom stereocenters. The molecule has 0 saturated heterocycles. The number of amides is 1. The molecule has 1 aromatic rings. The first-order valence-electron chi connectivity index (χ1n) is 9.48. The van der Waals surface area contributed by atoms with E-state index in [0.717, 1.165) is 25.7 Å². The van der Waals surface area contributed by atoms with Gasteiger partial charge in [0.25, 0.3) is 5.91 Å². The van der Waals surface area contributed by atoms with Gasteiger partial charge in [0.1, 0.15) is 5.75 Å². The quantitative estimate of drug-likeness (QED) is 0.550. The second-order valence-electron chi connectivity index (χ2n) is 7.13. The number of nitriles is 1. The van der Waals surface area contributed by atoms with E-state index in [2.05, 4.69) is 5.32 Å². The molecule has 28 heavy (non-hydrogen) atoms. The Hall–Kier alpha value is -2.40. The summed E-state index contributed by atoms with van der Waals surface area (Å²) in [5.74, 6) is -1.77. The van der Waals surface area contributed by atoms with Crippen LogP contribution in [0.3, 0.4) is 0 Å². The van der Waals surface area contributed by atoms with Gasteiger partial charge in [0.05, 0.1) is 17.4 Å². The van der Waals surface area contributed by atoms with Crippen LogP contribution in [-0.4, -0.2) is 38.2 Å². The maximum absolute atomic E-state index is 12.3. The number of carbonyl (C=O) groups is 2. The summed E-state index contributed by atoms with van der Waals surface area (Å²) < 4.78 is 28.6. The standard InChI is InChI=1S/C20H26N2O5S/c1-15(19(23)22-18-6-4-2-3-5-7-18)27-20(24)17-10-8-16(9-11-17)14-28(25,26)13-12-21/h8-11,15,18H,2-7,13-14H2,1H3,(H,22,23)/t15-/m0/s1. The molecular weight excluding hydrogens is 380 g/mol. The van der Waals surface area contributed by atoms with Crippen molar-refractivity contribution in [2.24, 2.45) is 0 Å². The summed E-state index contributed by atoms with van der Waals surface area (Å²) in [6.45, 7) is 1.53. The van der Waals surface area contributed by atoms with Crippen LogP contribution in [0.15, 0.2) is 24.3 Å². The Kier molecular flexibility index (Phi) is 8.00. The van der Waals surface area contributed by atoms with Gasteiger partial charge in [0.2, 0.25) is 0 Å². The van der Waals surface area contributed by atoms with E-state index in [-0.39, 0.29) is 23.3 Å². The van der Waals surface area contributed by atoms with Gasteiger partial charge in [-0.15, -0.1) is 0 Å². The average Bonchev–Trinajstić information content (AvgIpc) is 2.90. The Bertz CT molecular complexity index is 819. The van der Waals surface area contributed by atoms with Crippen LogP contribution in [0, 0.1) is 11.3 Å². The first-order valence-corrected chi connectivity index (χ1v) is 11.3. The topological polar surface area (TPSA) is 113 Å². The molecule has 1 aliphatic rings. The van der Waals surface area contributed by atoms with Gasteiger partial charge in [-0.3, -0.25) is 4.79 Å². The Labute approximate surface area is 166 Å². The highest BCUT2D eigenvalue weighted by atomic mass is 32.2. The van der Waals surface area contributed by atoms with E-state index in [4.69, 9.17) is 10.00 Å². The van der Waals surface area contributed by atoms with Crippen LogP contribution in [0.5, 0.6) is 0 Å². The second-order valence-corrected chi connectivity index (χ2v) is 9.20. The van der Waals surface area contributed by atoms with Crippen molar-refractivity contribution in [2.75, 3.05) is 5.75 Å². The molecule has 152 valence electrons. The van der Waals surface area contributed by atoms with Crippen molar-refractivity contribution in [2.45, 2.75) is 63.3 Å². The number of nitrogens with one attached hydrogen (secondary N) is 1. The van der Waals surface area contributed by atoms with Crippen molar-refractivity contribution in [1.82, 2.24) is 5.32 Å². The third kappa shape index (κ3) is 6.97. The third-order valence-electron chi connectivity index (χ3n) is 4.72. The lowest BCUT2D eigenvalue weighted by Crippen LogP contribution is -2.41. The lowest BCUT2D eigenvalue weighted by atomic mass is 10.1. The van der Waals surface area contributed by atoms with Crippen LogP contribution in [-0.2, 0) is 25.1 Å². The smallest absolute Gasteiger partial charge is 0.338 e. The second kappa shape index (κ2) is 10.2. The Morgan fingerprint density at radius 2 is 1.79 bits per heavy atom. The number of nitrogens with zero attached hydrogens (tertiary/aromatic N) is 1. The number of rotatable bonds is 7. The minimum absolute atomic E-state index is 0.130. The molecule has 7 nitrogen and oxygen atoms in total. The van der Waals surface area contributed by atoms with Crippen molar-refractivity contribution < 1.29 is 22.7 Å². The number of hydrogen-bond donors (Lipinski definition) is 1. The minimum Gasteiger partial charge on any atom is -0.449 e. The minimum atomic E-state index is -3.50. The zero-order chi connectivity index (χ0) is 20.6. The van der Waals surface area contributed by atoms with E-state index in [0.29, 0.717) is 5.56 Å². The highest BCUT2D eigenvalue weighted by Gasteiger charge is 2.22. The number of benzene rings is 1. The van der Waals surface area contributed by atoms with Crippen LogP contribution in [0.25, 0.3) is 0 Å². The summed E-state index contributed by atoms with van der Waals surface area (Å²) in [4.78, 5) is 24.5. The van der Waals surface area contributed by atoms with Crippen molar-refractivity contribution in [3.05, 3.63) is 35.4 Å². The summed E-state index contributed by atoms with van der Waals surface area (Å²) in [6.07, 6.45) is 5.54. The molecule has 2 rings (SSSR count). The highest BCUT2D eigenvalue weighted by Crippen LogP contribution is 2.17. The van der Waals surface area contributed by atoms with Gasteiger partial charge in [-0.05, 0) is 37.5 Å². The SMILES string of the molecule is C[C@H](OC(=O)c1ccc(CS(=O)(=O)CC#N)cc1)C(=O)NC1CCCCCC1. The van der Waals surface area contributed by atoms with Crippen molar-refractivity contribution >= 4 is 21.7 Å². The largest absolute Gasteiger partial charge is 0.449 e. The fourth-order valence-corrected chi connectivity index (χ4v) is 4.16. The highest BCUT2D eigenvalue weighted by molar-refractivity contribution is 7.90. The first kappa shape index (κ1) is 21.9. The summed E-state index contributed by atoms with van der Waals surface area (Å²) in [5.41, 5.74) is 0.710. The average molecular weight is 407 g/mol. The van der Waals surface area contributed by atoms with E-state index in [1.54, 1.807) is 6.07 Å². The fourth-order valence-electron chi connectivity index (χ4n) is 3.16. The maximum Gasteiger partial charge on any atom is 0.338 e. The lowest BCUT2D eigenvalue weighted by Gasteiger charge is -2.19. The van der Waals surface area contributed by atoms with Gasteiger partial charge in [-0.1, -0.05) is 37.8 Å². The van der Waals surface area contributed by atoms with Crippen LogP contribution in [0.2, 0.25) is 0 Å². The number of carbonyl (C=O) groups excluding carboxylic acids is 2. The molecule has 8 heteroatoms. The van der Waals surface area contributed by atoms with Gasteiger partial charge in [0.15, 0.2) is 15.9 Å². The zero-order valence-corrected chi connectivity index (χ0v) is 16.8. The Morgan fingerprint density at radius 1 is 1.18 bits per heavy atom. The number of sulfone groups is 1. The van der Waals surface area contributed by atoms with Gasteiger partial charge in [0, 0.05) is 6.04 Å². The number of hydrogen-bond acceptors (Lipinski definition) is 6. The van der Waals surface area contributed by atoms with E-state index in [9.17, 15) is 18.0 Å². The van der Waals surface area contributed by atoms with Gasteiger partial charge in [-0.2, -0.15) is 5.26 Å². The van der Waals surface area contributed by atoms with Crippen LogP contribution in [0.4, 0.5) is 0 Å².